The van der Waals surface area contributed by atoms with Crippen molar-refractivity contribution in [3.8, 4) is 0 Å². The van der Waals surface area contributed by atoms with Crippen LogP contribution >= 0.6 is 24.0 Å². The zero-order valence-corrected chi connectivity index (χ0v) is 14.1. The standard InChI is InChI=1S/C12H27N3O2.HI/c1-4-16-8-5-6-14-12(13)15-7-9-17-10-11(2)3;/h11H,4-10H2,1-3H3,(H3,13,14,15);1H. The number of nitrogens with zero attached hydrogens (tertiary/aromatic N) is 1. The van der Waals surface area contributed by atoms with Crippen LogP contribution in [0.1, 0.15) is 27.2 Å². The van der Waals surface area contributed by atoms with Gasteiger partial charge < -0.3 is 20.5 Å². The quantitative estimate of drug-likeness (QED) is 0.264. The average molecular weight is 373 g/mol. The van der Waals surface area contributed by atoms with E-state index in [0.717, 1.165) is 26.2 Å². The maximum Gasteiger partial charge on any atom is 0.188 e. The molecule has 0 aliphatic rings. The molecule has 0 rings (SSSR count). The summed E-state index contributed by atoms with van der Waals surface area (Å²) in [4.78, 5) is 4.18. The van der Waals surface area contributed by atoms with Crippen molar-refractivity contribution in [3.63, 3.8) is 0 Å². The van der Waals surface area contributed by atoms with Crippen molar-refractivity contribution in [3.05, 3.63) is 0 Å². The van der Waals surface area contributed by atoms with E-state index in [0.29, 0.717) is 31.6 Å². The van der Waals surface area contributed by atoms with Crippen LogP contribution in [0.4, 0.5) is 0 Å². The highest BCUT2D eigenvalue weighted by Crippen LogP contribution is 1.90. The first-order valence-electron chi connectivity index (χ1n) is 6.36. The normalized spacial score (nSPS) is 11.4. The van der Waals surface area contributed by atoms with Gasteiger partial charge in [-0.05, 0) is 19.3 Å². The van der Waals surface area contributed by atoms with Crippen molar-refractivity contribution in [1.82, 2.24) is 5.32 Å². The minimum Gasteiger partial charge on any atom is -0.382 e. The molecular weight excluding hydrogens is 345 g/mol. The van der Waals surface area contributed by atoms with Crippen LogP contribution in [0.3, 0.4) is 0 Å². The predicted octanol–water partition coefficient (Wildman–Crippen LogP) is 1.61. The fourth-order valence-electron chi connectivity index (χ4n) is 1.14. The molecule has 0 atom stereocenters. The lowest BCUT2D eigenvalue weighted by Gasteiger charge is -2.08. The first-order chi connectivity index (χ1) is 8.16. The Morgan fingerprint density at radius 1 is 1.28 bits per heavy atom. The highest BCUT2D eigenvalue weighted by molar-refractivity contribution is 14.0. The van der Waals surface area contributed by atoms with Crippen LogP contribution in [0, 0.1) is 5.92 Å². The van der Waals surface area contributed by atoms with E-state index in [2.05, 4.69) is 24.2 Å². The summed E-state index contributed by atoms with van der Waals surface area (Å²) < 4.78 is 10.6. The maximum absolute atomic E-state index is 5.67. The third kappa shape index (κ3) is 15.9. The number of guanidine groups is 1. The van der Waals surface area contributed by atoms with Gasteiger partial charge in [0.2, 0.25) is 0 Å². The highest BCUT2D eigenvalue weighted by atomic mass is 127. The molecule has 0 fully saturated rings. The molecule has 3 N–H and O–H groups in total. The van der Waals surface area contributed by atoms with Crippen molar-refractivity contribution in [2.75, 3.05) is 39.5 Å². The second kappa shape index (κ2) is 15.0. The van der Waals surface area contributed by atoms with Gasteiger partial charge in [-0.3, -0.25) is 4.99 Å². The molecule has 0 aromatic rings. The third-order valence-electron chi connectivity index (χ3n) is 1.94. The van der Waals surface area contributed by atoms with Gasteiger partial charge in [0.1, 0.15) is 0 Å². The number of aliphatic imine (C=N–C) groups is 1. The van der Waals surface area contributed by atoms with Crippen molar-refractivity contribution in [2.24, 2.45) is 16.6 Å². The molecule has 5 nitrogen and oxygen atoms in total. The van der Waals surface area contributed by atoms with Crippen molar-refractivity contribution < 1.29 is 9.47 Å². The second-order valence-electron chi connectivity index (χ2n) is 4.21. The Kier molecular flexibility index (Phi) is 16.8. The number of nitrogens with two attached hydrogens (primary N) is 1. The molecule has 18 heavy (non-hydrogen) atoms. The van der Waals surface area contributed by atoms with E-state index in [1.165, 1.54) is 0 Å². The first kappa shape index (κ1) is 20.2. The lowest BCUT2D eigenvalue weighted by atomic mass is 10.2. The zero-order valence-electron chi connectivity index (χ0n) is 11.8. The summed E-state index contributed by atoms with van der Waals surface area (Å²) in [7, 11) is 0. The number of halogens is 1. The van der Waals surface area contributed by atoms with E-state index < -0.39 is 0 Å². The Morgan fingerprint density at radius 2 is 2.00 bits per heavy atom. The third-order valence-corrected chi connectivity index (χ3v) is 1.94. The van der Waals surface area contributed by atoms with Crippen molar-refractivity contribution >= 4 is 29.9 Å². The van der Waals surface area contributed by atoms with E-state index in [9.17, 15) is 0 Å². The van der Waals surface area contributed by atoms with E-state index in [1.54, 1.807) is 0 Å². The molecule has 0 aliphatic carbocycles. The molecule has 0 radical (unpaired) electrons. The molecule has 0 unspecified atom stereocenters. The summed E-state index contributed by atoms with van der Waals surface area (Å²) in [5.74, 6) is 1.05. The van der Waals surface area contributed by atoms with Gasteiger partial charge in [0, 0.05) is 32.9 Å². The highest BCUT2D eigenvalue weighted by Gasteiger charge is 1.94. The van der Waals surface area contributed by atoms with Crippen LogP contribution in [0.25, 0.3) is 0 Å². The molecular formula is C12H28IN3O2. The molecule has 0 saturated carbocycles. The predicted molar refractivity (Wildman–Crippen MR) is 86.7 cm³/mol. The molecule has 0 spiro atoms. The smallest absolute Gasteiger partial charge is 0.188 e. The van der Waals surface area contributed by atoms with E-state index in [-0.39, 0.29) is 24.0 Å². The lowest BCUT2D eigenvalue weighted by Crippen LogP contribution is -2.34. The van der Waals surface area contributed by atoms with Crippen LogP contribution in [0.5, 0.6) is 0 Å². The van der Waals surface area contributed by atoms with Crippen LogP contribution < -0.4 is 11.1 Å². The van der Waals surface area contributed by atoms with E-state index in [4.69, 9.17) is 15.2 Å². The van der Waals surface area contributed by atoms with Crippen molar-refractivity contribution in [2.45, 2.75) is 27.2 Å². The summed E-state index contributed by atoms with van der Waals surface area (Å²) in [6.07, 6.45) is 0.903. The Balaban J connectivity index is 0. The maximum atomic E-state index is 5.67. The monoisotopic (exact) mass is 373 g/mol. The molecule has 0 aliphatic heterocycles. The Hall–Kier alpha value is -0.0800. The molecule has 0 heterocycles. The van der Waals surface area contributed by atoms with Gasteiger partial charge in [-0.25, -0.2) is 0 Å². The molecule has 6 heteroatoms. The molecule has 0 saturated heterocycles. The van der Waals surface area contributed by atoms with Gasteiger partial charge in [-0.2, -0.15) is 0 Å². The van der Waals surface area contributed by atoms with Gasteiger partial charge in [0.05, 0.1) is 6.61 Å². The summed E-state index contributed by atoms with van der Waals surface area (Å²) in [5.41, 5.74) is 5.67. The van der Waals surface area contributed by atoms with Gasteiger partial charge in [0.15, 0.2) is 5.96 Å². The number of ether oxygens (including phenoxy) is 2. The number of rotatable bonds is 10. The van der Waals surface area contributed by atoms with Crippen LogP contribution in [-0.2, 0) is 9.47 Å². The lowest BCUT2D eigenvalue weighted by molar-refractivity contribution is 0.114. The Bertz CT molecular complexity index is 202. The topological polar surface area (TPSA) is 68.9 Å². The van der Waals surface area contributed by atoms with E-state index in [1.807, 2.05) is 6.92 Å². The summed E-state index contributed by atoms with van der Waals surface area (Å²) >= 11 is 0. The summed E-state index contributed by atoms with van der Waals surface area (Å²) in [5, 5.41) is 3.01. The zero-order chi connectivity index (χ0) is 12.9. The minimum atomic E-state index is 0. The summed E-state index contributed by atoms with van der Waals surface area (Å²) in [6, 6.07) is 0. The molecule has 0 aromatic heterocycles. The molecule has 0 amide bonds. The van der Waals surface area contributed by atoms with Gasteiger partial charge >= 0.3 is 0 Å². The van der Waals surface area contributed by atoms with Gasteiger partial charge in [-0.15, -0.1) is 24.0 Å². The number of hydrogen-bond donors (Lipinski definition) is 2. The van der Waals surface area contributed by atoms with Crippen LogP contribution in [0.2, 0.25) is 0 Å². The van der Waals surface area contributed by atoms with Crippen LogP contribution in [0.15, 0.2) is 4.99 Å². The largest absolute Gasteiger partial charge is 0.382 e. The minimum absolute atomic E-state index is 0. The average Bonchev–Trinajstić information content (AvgIpc) is 2.28. The SMILES string of the molecule is CCOCCCN=C(N)NCCOCC(C)C.I. The number of nitrogens with one attached hydrogen (secondary N) is 1. The molecule has 110 valence electrons. The Morgan fingerprint density at radius 3 is 2.61 bits per heavy atom. The Labute approximate surface area is 128 Å². The fourth-order valence-corrected chi connectivity index (χ4v) is 1.14. The van der Waals surface area contributed by atoms with Crippen molar-refractivity contribution in [1.29, 1.82) is 0 Å². The van der Waals surface area contributed by atoms with E-state index >= 15 is 0 Å². The molecule has 0 aromatic carbocycles. The number of hydrogen-bond acceptors (Lipinski definition) is 3. The van der Waals surface area contributed by atoms with Gasteiger partial charge in [-0.1, -0.05) is 13.8 Å². The first-order valence-corrected chi connectivity index (χ1v) is 6.36. The summed E-state index contributed by atoms with van der Waals surface area (Å²) in [6.45, 7) is 10.6. The van der Waals surface area contributed by atoms with Crippen LogP contribution in [-0.4, -0.2) is 45.5 Å². The second-order valence-corrected chi connectivity index (χ2v) is 4.21. The molecule has 0 bridgehead atoms. The fraction of sp³-hybridized carbons (Fsp3) is 0.917. The van der Waals surface area contributed by atoms with Gasteiger partial charge in [0.25, 0.3) is 0 Å².